The van der Waals surface area contributed by atoms with Crippen molar-refractivity contribution >= 4 is 23.6 Å². The average molecular weight is 483 g/mol. The lowest BCUT2D eigenvalue weighted by atomic mass is 9.88. The molecule has 1 aliphatic carbocycles. The number of nitrogens with zero attached hydrogens (tertiary/aromatic N) is 3. The fourth-order valence-corrected chi connectivity index (χ4v) is 5.56. The van der Waals surface area contributed by atoms with Crippen LogP contribution < -0.4 is 5.32 Å². The highest BCUT2D eigenvalue weighted by atomic mass is 16.2. The minimum atomic E-state index is -0.494. The lowest BCUT2D eigenvalue weighted by Gasteiger charge is -2.38. The number of carbonyl (C=O) groups is 4. The van der Waals surface area contributed by atoms with E-state index in [0.29, 0.717) is 45.2 Å². The molecular formula is C27H38N4O4. The van der Waals surface area contributed by atoms with E-state index >= 15 is 0 Å². The van der Waals surface area contributed by atoms with Gasteiger partial charge in [-0.3, -0.25) is 19.2 Å². The SMILES string of the molecule is O=C1NC[C@@H](CCCCN2CCN(CCc3ccccc3)C(=O)C2=O)N(CC2CCCCC2)C1=O. The van der Waals surface area contributed by atoms with Crippen molar-refractivity contribution in [2.24, 2.45) is 5.92 Å². The van der Waals surface area contributed by atoms with Gasteiger partial charge in [0.05, 0.1) is 0 Å². The molecule has 0 radical (unpaired) electrons. The van der Waals surface area contributed by atoms with Crippen molar-refractivity contribution in [2.45, 2.75) is 63.8 Å². The zero-order valence-electron chi connectivity index (χ0n) is 20.6. The van der Waals surface area contributed by atoms with Gasteiger partial charge in [0.25, 0.3) is 0 Å². The molecule has 8 heteroatoms. The summed E-state index contributed by atoms with van der Waals surface area (Å²) in [5.41, 5.74) is 1.16. The van der Waals surface area contributed by atoms with Crippen LogP contribution in [0.4, 0.5) is 0 Å². The predicted molar refractivity (Wildman–Crippen MR) is 132 cm³/mol. The molecule has 35 heavy (non-hydrogen) atoms. The van der Waals surface area contributed by atoms with Crippen molar-refractivity contribution in [3.05, 3.63) is 35.9 Å². The predicted octanol–water partition coefficient (Wildman–Crippen LogP) is 1.98. The summed E-state index contributed by atoms with van der Waals surface area (Å²) >= 11 is 0. The first-order chi connectivity index (χ1) is 17.0. The third-order valence-electron chi connectivity index (χ3n) is 7.70. The Morgan fingerprint density at radius 1 is 0.800 bits per heavy atom. The molecule has 0 aromatic heterocycles. The lowest BCUT2D eigenvalue weighted by molar-refractivity contribution is -0.156. The third kappa shape index (κ3) is 6.61. The number of carbonyl (C=O) groups excluding carboxylic acids is 4. The molecule has 3 aliphatic rings. The molecule has 8 nitrogen and oxygen atoms in total. The summed E-state index contributed by atoms with van der Waals surface area (Å²) in [5, 5.41) is 2.74. The van der Waals surface area contributed by atoms with Gasteiger partial charge < -0.3 is 20.0 Å². The van der Waals surface area contributed by atoms with Gasteiger partial charge in [-0.15, -0.1) is 0 Å². The van der Waals surface area contributed by atoms with Crippen molar-refractivity contribution in [2.75, 3.05) is 39.3 Å². The van der Waals surface area contributed by atoms with Crippen LogP contribution in [0.5, 0.6) is 0 Å². The second-order valence-corrected chi connectivity index (χ2v) is 10.1. The van der Waals surface area contributed by atoms with Gasteiger partial charge in [-0.2, -0.15) is 0 Å². The summed E-state index contributed by atoms with van der Waals surface area (Å²) in [6, 6.07) is 10.00. The van der Waals surface area contributed by atoms with Gasteiger partial charge in [0.15, 0.2) is 0 Å². The fraction of sp³-hybridized carbons (Fsp3) is 0.630. The Morgan fingerprint density at radius 2 is 1.49 bits per heavy atom. The van der Waals surface area contributed by atoms with Crippen molar-refractivity contribution in [1.29, 1.82) is 0 Å². The van der Waals surface area contributed by atoms with Crippen LogP contribution in [0, 0.1) is 5.92 Å². The van der Waals surface area contributed by atoms with Gasteiger partial charge in [0, 0.05) is 45.3 Å². The van der Waals surface area contributed by atoms with Crippen LogP contribution in [0.15, 0.2) is 30.3 Å². The van der Waals surface area contributed by atoms with E-state index in [1.54, 1.807) is 14.7 Å². The third-order valence-corrected chi connectivity index (χ3v) is 7.70. The highest BCUT2D eigenvalue weighted by molar-refractivity contribution is 6.36. The van der Waals surface area contributed by atoms with Gasteiger partial charge >= 0.3 is 23.6 Å². The maximum Gasteiger partial charge on any atom is 0.312 e. The Bertz CT molecular complexity index is 900. The average Bonchev–Trinajstić information content (AvgIpc) is 2.89. The highest BCUT2D eigenvalue weighted by Gasteiger charge is 2.35. The highest BCUT2D eigenvalue weighted by Crippen LogP contribution is 2.26. The molecule has 1 atom stereocenters. The molecule has 1 saturated carbocycles. The van der Waals surface area contributed by atoms with E-state index in [1.165, 1.54) is 19.3 Å². The molecule has 4 rings (SSSR count). The molecule has 0 spiro atoms. The molecule has 2 heterocycles. The maximum absolute atomic E-state index is 12.6. The van der Waals surface area contributed by atoms with Gasteiger partial charge in [-0.25, -0.2) is 0 Å². The van der Waals surface area contributed by atoms with Crippen LogP contribution in [-0.4, -0.2) is 83.6 Å². The van der Waals surface area contributed by atoms with Crippen LogP contribution in [0.25, 0.3) is 0 Å². The van der Waals surface area contributed by atoms with Crippen LogP contribution >= 0.6 is 0 Å². The Kier molecular flexibility index (Phi) is 8.77. The van der Waals surface area contributed by atoms with Crippen molar-refractivity contribution in [3.8, 4) is 0 Å². The number of rotatable bonds is 10. The van der Waals surface area contributed by atoms with Gasteiger partial charge in [-0.05, 0) is 50.0 Å². The summed E-state index contributed by atoms with van der Waals surface area (Å²) in [6.45, 7) is 3.40. The first-order valence-corrected chi connectivity index (χ1v) is 13.2. The first kappa shape index (κ1) is 25.2. The monoisotopic (exact) mass is 482 g/mol. The maximum atomic E-state index is 12.6. The summed E-state index contributed by atoms with van der Waals surface area (Å²) in [5.74, 6) is -1.23. The zero-order chi connectivity index (χ0) is 24.6. The van der Waals surface area contributed by atoms with Crippen LogP contribution in [0.2, 0.25) is 0 Å². The molecule has 1 N–H and O–H groups in total. The quantitative estimate of drug-likeness (QED) is 0.408. The standard InChI is InChI=1S/C27H38N4O4/c32-24-25(33)31(20-22-11-5-2-6-12-22)23(19-28-24)13-7-8-15-29-17-18-30(27(35)26(29)34)16-14-21-9-3-1-4-10-21/h1,3-4,9-10,22-23H,2,5-8,11-20H2,(H,28,32)/t23-/m1/s1. The van der Waals surface area contributed by atoms with Gasteiger partial charge in [-0.1, -0.05) is 49.6 Å². The molecule has 0 unspecified atom stereocenters. The molecular weight excluding hydrogens is 444 g/mol. The number of nitrogens with one attached hydrogen (secondary N) is 1. The minimum absolute atomic E-state index is 0.00861. The van der Waals surface area contributed by atoms with E-state index in [1.807, 2.05) is 30.3 Å². The van der Waals surface area contributed by atoms with E-state index < -0.39 is 23.6 Å². The van der Waals surface area contributed by atoms with Crippen molar-refractivity contribution in [3.63, 3.8) is 0 Å². The molecule has 1 aromatic carbocycles. The van der Waals surface area contributed by atoms with Crippen molar-refractivity contribution in [1.82, 2.24) is 20.0 Å². The number of unbranched alkanes of at least 4 members (excludes halogenated alkanes) is 1. The molecule has 0 bridgehead atoms. The van der Waals surface area contributed by atoms with Gasteiger partial charge in [0.2, 0.25) is 0 Å². The Labute approximate surface area is 208 Å². The molecule has 1 aromatic rings. The second kappa shape index (κ2) is 12.2. The summed E-state index contributed by atoms with van der Waals surface area (Å²) < 4.78 is 0. The van der Waals surface area contributed by atoms with E-state index in [9.17, 15) is 19.2 Å². The van der Waals surface area contributed by atoms with Crippen LogP contribution in [-0.2, 0) is 25.6 Å². The normalized spacial score (nSPS) is 22.1. The van der Waals surface area contributed by atoms with E-state index in [2.05, 4.69) is 5.32 Å². The first-order valence-electron chi connectivity index (χ1n) is 13.2. The van der Waals surface area contributed by atoms with E-state index in [4.69, 9.17) is 0 Å². The summed E-state index contributed by atoms with van der Waals surface area (Å²) in [6.07, 6.45) is 9.08. The zero-order valence-corrected chi connectivity index (χ0v) is 20.6. The fourth-order valence-electron chi connectivity index (χ4n) is 5.56. The lowest BCUT2D eigenvalue weighted by Crippen LogP contribution is -2.59. The molecule has 2 aliphatic heterocycles. The minimum Gasteiger partial charge on any atom is -0.346 e. The second-order valence-electron chi connectivity index (χ2n) is 10.1. The van der Waals surface area contributed by atoms with E-state index in [0.717, 1.165) is 44.1 Å². The Hall–Kier alpha value is -2.90. The summed E-state index contributed by atoms with van der Waals surface area (Å²) in [7, 11) is 0. The Balaban J connectivity index is 1.20. The largest absolute Gasteiger partial charge is 0.346 e. The number of amides is 4. The number of hydrogen-bond acceptors (Lipinski definition) is 4. The van der Waals surface area contributed by atoms with E-state index in [-0.39, 0.29) is 6.04 Å². The number of benzene rings is 1. The topological polar surface area (TPSA) is 90.0 Å². The smallest absolute Gasteiger partial charge is 0.312 e. The molecule has 2 saturated heterocycles. The van der Waals surface area contributed by atoms with Crippen LogP contribution in [0.1, 0.15) is 56.9 Å². The number of hydrogen-bond donors (Lipinski definition) is 1. The summed E-state index contributed by atoms with van der Waals surface area (Å²) in [4.78, 5) is 54.9. The Morgan fingerprint density at radius 3 is 2.20 bits per heavy atom. The van der Waals surface area contributed by atoms with Crippen molar-refractivity contribution < 1.29 is 19.2 Å². The number of piperazine rings is 2. The molecule has 190 valence electrons. The molecule has 3 fully saturated rings. The van der Waals surface area contributed by atoms with Gasteiger partial charge in [0.1, 0.15) is 0 Å². The van der Waals surface area contributed by atoms with Crippen LogP contribution in [0.3, 0.4) is 0 Å². The molecule has 4 amide bonds.